The van der Waals surface area contributed by atoms with Crippen molar-refractivity contribution in [2.24, 2.45) is 11.8 Å². The summed E-state index contributed by atoms with van der Waals surface area (Å²) < 4.78 is 6.24. The maximum atomic E-state index is 6.24. The fourth-order valence-electron chi connectivity index (χ4n) is 2.90. The second-order valence-corrected chi connectivity index (χ2v) is 6.41. The van der Waals surface area contributed by atoms with Gasteiger partial charge in [-0.25, -0.2) is 0 Å². The Morgan fingerprint density at radius 2 is 1.81 bits per heavy atom. The van der Waals surface area contributed by atoms with Crippen molar-refractivity contribution in [2.75, 3.05) is 6.54 Å². The lowest BCUT2D eigenvalue weighted by atomic mass is 9.78. The van der Waals surface area contributed by atoms with Crippen molar-refractivity contribution in [2.45, 2.75) is 72.1 Å². The highest BCUT2D eigenvalue weighted by Crippen LogP contribution is 2.33. The fraction of sp³-hybridized carbons (Fsp3) is 1.00. The highest BCUT2D eigenvalue weighted by molar-refractivity contribution is 4.89. The Hall–Kier alpha value is -0.0800. The molecule has 1 fully saturated rings. The largest absolute Gasteiger partial charge is 0.371 e. The smallest absolute Gasteiger partial charge is 0.0760 e. The zero-order valence-electron chi connectivity index (χ0n) is 11.8. The first-order valence-electron chi connectivity index (χ1n) is 6.74. The normalized spacial score (nSPS) is 36.4. The van der Waals surface area contributed by atoms with Crippen LogP contribution in [0, 0.1) is 11.8 Å². The lowest BCUT2D eigenvalue weighted by Crippen LogP contribution is -2.51. The molecule has 1 aliphatic rings. The second kappa shape index (κ2) is 5.50. The SMILES string of the molecule is CCNC1CC(C)CC(C)C1OC(C)(C)C. The summed E-state index contributed by atoms with van der Waals surface area (Å²) in [5.74, 6) is 1.48. The van der Waals surface area contributed by atoms with Crippen LogP contribution in [0.15, 0.2) is 0 Å². The van der Waals surface area contributed by atoms with Gasteiger partial charge in [-0.1, -0.05) is 20.8 Å². The van der Waals surface area contributed by atoms with Gasteiger partial charge in [-0.05, 0) is 52.0 Å². The van der Waals surface area contributed by atoms with E-state index in [0.717, 1.165) is 12.5 Å². The van der Waals surface area contributed by atoms with Crippen LogP contribution in [-0.4, -0.2) is 24.3 Å². The van der Waals surface area contributed by atoms with Gasteiger partial charge in [0.25, 0.3) is 0 Å². The van der Waals surface area contributed by atoms with E-state index >= 15 is 0 Å². The van der Waals surface area contributed by atoms with Gasteiger partial charge in [0.15, 0.2) is 0 Å². The summed E-state index contributed by atoms with van der Waals surface area (Å²) in [6.07, 6.45) is 2.91. The number of nitrogens with one attached hydrogen (secondary N) is 1. The summed E-state index contributed by atoms with van der Waals surface area (Å²) in [4.78, 5) is 0. The van der Waals surface area contributed by atoms with Gasteiger partial charge in [0.2, 0.25) is 0 Å². The molecule has 96 valence electrons. The molecule has 0 amide bonds. The Kier molecular flexibility index (Phi) is 4.81. The van der Waals surface area contributed by atoms with Gasteiger partial charge >= 0.3 is 0 Å². The summed E-state index contributed by atoms with van der Waals surface area (Å²) in [6, 6.07) is 0.531. The predicted molar refractivity (Wildman–Crippen MR) is 69.7 cm³/mol. The van der Waals surface area contributed by atoms with Crippen molar-refractivity contribution in [3.63, 3.8) is 0 Å². The molecule has 2 nitrogen and oxygen atoms in total. The van der Waals surface area contributed by atoms with Gasteiger partial charge in [-0.3, -0.25) is 0 Å². The highest BCUT2D eigenvalue weighted by atomic mass is 16.5. The Morgan fingerprint density at radius 3 is 2.31 bits per heavy atom. The molecule has 16 heavy (non-hydrogen) atoms. The number of likely N-dealkylation sites (N-methyl/N-ethyl adjacent to an activating group) is 1. The van der Waals surface area contributed by atoms with Crippen LogP contribution in [-0.2, 0) is 4.74 Å². The maximum Gasteiger partial charge on any atom is 0.0760 e. The number of rotatable bonds is 3. The van der Waals surface area contributed by atoms with Gasteiger partial charge < -0.3 is 10.1 Å². The van der Waals surface area contributed by atoms with Crippen LogP contribution in [0.3, 0.4) is 0 Å². The van der Waals surface area contributed by atoms with Crippen molar-refractivity contribution in [3.8, 4) is 0 Å². The van der Waals surface area contributed by atoms with Crippen LogP contribution in [0.5, 0.6) is 0 Å². The molecule has 2 heteroatoms. The molecule has 0 aromatic rings. The van der Waals surface area contributed by atoms with E-state index in [1.165, 1.54) is 12.8 Å². The Labute approximate surface area is 101 Å². The maximum absolute atomic E-state index is 6.24. The third-order valence-electron chi connectivity index (χ3n) is 3.34. The van der Waals surface area contributed by atoms with E-state index in [4.69, 9.17) is 4.74 Å². The minimum atomic E-state index is -0.0345. The van der Waals surface area contributed by atoms with Crippen LogP contribution < -0.4 is 5.32 Å². The Balaban J connectivity index is 2.67. The molecule has 0 bridgehead atoms. The summed E-state index contributed by atoms with van der Waals surface area (Å²) in [5, 5.41) is 3.59. The molecule has 4 atom stereocenters. The molecule has 0 heterocycles. The summed E-state index contributed by atoms with van der Waals surface area (Å²) in [7, 11) is 0. The molecule has 0 aromatic carbocycles. The second-order valence-electron chi connectivity index (χ2n) is 6.41. The molecule has 1 N–H and O–H groups in total. The summed E-state index contributed by atoms with van der Waals surface area (Å²) in [5.41, 5.74) is -0.0345. The quantitative estimate of drug-likeness (QED) is 0.799. The van der Waals surface area contributed by atoms with Gasteiger partial charge in [0.1, 0.15) is 0 Å². The number of hydrogen-bond acceptors (Lipinski definition) is 2. The van der Waals surface area contributed by atoms with Crippen molar-refractivity contribution >= 4 is 0 Å². The molecular weight excluding hydrogens is 198 g/mol. The lowest BCUT2D eigenvalue weighted by molar-refractivity contribution is -0.114. The summed E-state index contributed by atoms with van der Waals surface area (Å²) in [6.45, 7) is 14.4. The van der Waals surface area contributed by atoms with Crippen LogP contribution in [0.25, 0.3) is 0 Å². The molecule has 4 unspecified atom stereocenters. The fourth-order valence-corrected chi connectivity index (χ4v) is 2.90. The molecule has 0 radical (unpaired) electrons. The molecule has 1 rings (SSSR count). The minimum absolute atomic E-state index is 0.0345. The van der Waals surface area contributed by atoms with Crippen LogP contribution in [0.2, 0.25) is 0 Å². The number of ether oxygens (including phenoxy) is 1. The Morgan fingerprint density at radius 1 is 1.19 bits per heavy atom. The molecule has 0 spiro atoms. The molecule has 1 saturated carbocycles. The van der Waals surface area contributed by atoms with E-state index in [9.17, 15) is 0 Å². The third kappa shape index (κ3) is 4.06. The van der Waals surface area contributed by atoms with Crippen molar-refractivity contribution in [1.29, 1.82) is 0 Å². The number of hydrogen-bond donors (Lipinski definition) is 1. The Bertz CT molecular complexity index is 209. The van der Waals surface area contributed by atoms with Crippen molar-refractivity contribution in [3.05, 3.63) is 0 Å². The standard InChI is InChI=1S/C14H29NO/c1-7-15-12-9-10(2)8-11(3)13(12)16-14(4,5)6/h10-13,15H,7-9H2,1-6H3. The van der Waals surface area contributed by atoms with Crippen LogP contribution in [0.4, 0.5) is 0 Å². The zero-order valence-corrected chi connectivity index (χ0v) is 11.8. The van der Waals surface area contributed by atoms with E-state index in [-0.39, 0.29) is 5.60 Å². The molecular formula is C14H29NO. The van der Waals surface area contributed by atoms with Gasteiger partial charge in [-0.2, -0.15) is 0 Å². The topological polar surface area (TPSA) is 21.3 Å². The zero-order chi connectivity index (χ0) is 12.3. The van der Waals surface area contributed by atoms with E-state index < -0.39 is 0 Å². The van der Waals surface area contributed by atoms with Gasteiger partial charge in [0.05, 0.1) is 11.7 Å². The van der Waals surface area contributed by atoms with Crippen LogP contribution in [0.1, 0.15) is 54.4 Å². The minimum Gasteiger partial charge on any atom is -0.371 e. The van der Waals surface area contributed by atoms with Crippen molar-refractivity contribution < 1.29 is 4.74 Å². The van der Waals surface area contributed by atoms with Crippen LogP contribution >= 0.6 is 0 Å². The van der Waals surface area contributed by atoms with Gasteiger partial charge in [0, 0.05) is 6.04 Å². The monoisotopic (exact) mass is 227 g/mol. The average molecular weight is 227 g/mol. The van der Waals surface area contributed by atoms with Crippen molar-refractivity contribution in [1.82, 2.24) is 5.32 Å². The highest BCUT2D eigenvalue weighted by Gasteiger charge is 2.36. The van der Waals surface area contributed by atoms with E-state index in [2.05, 4.69) is 46.9 Å². The van der Waals surface area contributed by atoms with Gasteiger partial charge in [-0.15, -0.1) is 0 Å². The van der Waals surface area contributed by atoms with E-state index in [1.54, 1.807) is 0 Å². The first kappa shape index (κ1) is 14.0. The first-order valence-corrected chi connectivity index (χ1v) is 6.74. The molecule has 0 aliphatic heterocycles. The molecule has 0 aromatic heterocycles. The lowest BCUT2D eigenvalue weighted by Gasteiger charge is -2.42. The predicted octanol–water partition coefficient (Wildman–Crippen LogP) is 3.21. The molecule has 0 saturated heterocycles. The summed E-state index contributed by atoms with van der Waals surface area (Å²) >= 11 is 0. The molecule has 1 aliphatic carbocycles. The first-order chi connectivity index (χ1) is 7.33. The van der Waals surface area contributed by atoms with E-state index in [0.29, 0.717) is 18.1 Å². The average Bonchev–Trinajstić information content (AvgIpc) is 2.10. The third-order valence-corrected chi connectivity index (χ3v) is 3.34. The van der Waals surface area contributed by atoms with E-state index in [1.807, 2.05) is 0 Å².